The first-order chi connectivity index (χ1) is 11.6. The van der Waals surface area contributed by atoms with Crippen LogP contribution in [-0.2, 0) is 6.54 Å². The van der Waals surface area contributed by atoms with Crippen molar-refractivity contribution in [2.45, 2.75) is 13.5 Å². The van der Waals surface area contributed by atoms with Gasteiger partial charge in [0.2, 0.25) is 0 Å². The van der Waals surface area contributed by atoms with Gasteiger partial charge in [-0.05, 0) is 54.5 Å². The van der Waals surface area contributed by atoms with E-state index in [2.05, 4.69) is 32.2 Å². The van der Waals surface area contributed by atoms with Crippen LogP contribution in [-0.4, -0.2) is 46.1 Å². The fraction of sp³-hybridized carbons (Fsp3) is 0.333. The van der Waals surface area contributed by atoms with Gasteiger partial charge in [0.15, 0.2) is 5.11 Å². The zero-order chi connectivity index (χ0) is 16.9. The second-order valence-electron chi connectivity index (χ2n) is 5.96. The van der Waals surface area contributed by atoms with E-state index in [0.29, 0.717) is 0 Å². The molecule has 1 aliphatic heterocycles. The van der Waals surface area contributed by atoms with E-state index in [-0.39, 0.29) is 0 Å². The molecule has 24 heavy (non-hydrogen) atoms. The Morgan fingerprint density at radius 2 is 1.88 bits per heavy atom. The molecule has 3 rings (SSSR count). The van der Waals surface area contributed by atoms with E-state index in [1.165, 1.54) is 5.56 Å². The first-order valence-electron chi connectivity index (χ1n) is 8.06. The maximum Gasteiger partial charge on any atom is 0.173 e. The number of hydrogen-bond acceptors (Lipinski definition) is 3. The minimum Gasteiger partial charge on any atom is -0.346 e. The Hall–Kier alpha value is -1.69. The van der Waals surface area contributed by atoms with Crippen LogP contribution in [0.5, 0.6) is 0 Å². The Labute approximate surface area is 153 Å². The fourth-order valence-electron chi connectivity index (χ4n) is 2.79. The van der Waals surface area contributed by atoms with Crippen LogP contribution in [0.3, 0.4) is 0 Å². The van der Waals surface area contributed by atoms with Crippen LogP contribution in [0.2, 0.25) is 5.02 Å². The number of thiocarbonyl (C=S) groups is 1. The molecule has 1 fully saturated rings. The molecule has 0 radical (unpaired) electrons. The van der Waals surface area contributed by atoms with E-state index in [1.54, 1.807) is 0 Å². The van der Waals surface area contributed by atoms with Crippen molar-refractivity contribution >= 4 is 34.6 Å². The summed E-state index contributed by atoms with van der Waals surface area (Å²) in [5.41, 5.74) is 3.30. The lowest BCUT2D eigenvalue weighted by Gasteiger charge is -2.36. The molecular weight excluding hydrogens is 340 g/mol. The van der Waals surface area contributed by atoms with Gasteiger partial charge in [-0.1, -0.05) is 17.7 Å². The quantitative estimate of drug-likeness (QED) is 0.846. The van der Waals surface area contributed by atoms with Gasteiger partial charge < -0.3 is 10.2 Å². The van der Waals surface area contributed by atoms with Crippen molar-refractivity contribution < 1.29 is 0 Å². The van der Waals surface area contributed by atoms with Gasteiger partial charge in [-0.3, -0.25) is 9.88 Å². The van der Waals surface area contributed by atoms with Gasteiger partial charge in [-0.15, -0.1) is 0 Å². The number of halogens is 1. The summed E-state index contributed by atoms with van der Waals surface area (Å²) >= 11 is 11.7. The first kappa shape index (κ1) is 17.1. The normalized spacial score (nSPS) is 15.3. The van der Waals surface area contributed by atoms with Crippen molar-refractivity contribution in [2.75, 3.05) is 31.5 Å². The van der Waals surface area contributed by atoms with Crippen LogP contribution in [0, 0.1) is 6.92 Å². The summed E-state index contributed by atoms with van der Waals surface area (Å²) in [4.78, 5) is 8.73. The summed E-state index contributed by atoms with van der Waals surface area (Å²) < 4.78 is 0. The number of pyridine rings is 1. The van der Waals surface area contributed by atoms with Gasteiger partial charge in [-0.25, -0.2) is 0 Å². The smallest absolute Gasteiger partial charge is 0.173 e. The fourth-order valence-corrected chi connectivity index (χ4v) is 3.26. The molecule has 6 heteroatoms. The SMILES string of the molecule is Cc1c(Cl)cccc1NC(=S)N1CCN(Cc2ccncc2)CC1. The molecule has 2 aromatic rings. The van der Waals surface area contributed by atoms with Gasteiger partial charge in [-0.2, -0.15) is 0 Å². The Kier molecular flexibility index (Phi) is 5.66. The van der Waals surface area contributed by atoms with Crippen molar-refractivity contribution in [3.63, 3.8) is 0 Å². The summed E-state index contributed by atoms with van der Waals surface area (Å²) in [5.74, 6) is 0. The van der Waals surface area contributed by atoms with E-state index in [1.807, 2.05) is 37.5 Å². The Morgan fingerprint density at radius 3 is 2.58 bits per heavy atom. The molecule has 0 aliphatic carbocycles. The van der Waals surface area contributed by atoms with Crippen LogP contribution in [0.4, 0.5) is 5.69 Å². The van der Waals surface area contributed by atoms with Crippen molar-refractivity contribution in [2.24, 2.45) is 0 Å². The molecule has 1 N–H and O–H groups in total. The highest BCUT2D eigenvalue weighted by Gasteiger charge is 2.19. The van der Waals surface area contributed by atoms with Gasteiger partial charge >= 0.3 is 0 Å². The Bertz CT molecular complexity index is 699. The molecule has 1 saturated heterocycles. The summed E-state index contributed by atoms with van der Waals surface area (Å²) in [6.45, 7) is 6.81. The minimum atomic E-state index is 0.755. The molecule has 0 bridgehead atoms. The molecule has 4 nitrogen and oxygen atoms in total. The molecule has 1 aromatic heterocycles. The molecule has 1 aliphatic rings. The number of rotatable bonds is 3. The number of anilines is 1. The second kappa shape index (κ2) is 7.92. The number of aromatic nitrogens is 1. The molecule has 0 spiro atoms. The molecule has 0 amide bonds. The standard InChI is InChI=1S/C18H21ClN4S/c1-14-16(19)3-2-4-17(14)21-18(24)23-11-9-22(10-12-23)13-15-5-7-20-8-6-15/h2-8H,9-13H2,1H3,(H,21,24). The van der Waals surface area contributed by atoms with Crippen molar-refractivity contribution in [1.82, 2.24) is 14.8 Å². The zero-order valence-corrected chi connectivity index (χ0v) is 15.3. The van der Waals surface area contributed by atoms with Gasteiger partial charge in [0, 0.05) is 55.8 Å². The predicted molar refractivity (Wildman–Crippen MR) is 103 cm³/mol. The van der Waals surface area contributed by atoms with Crippen LogP contribution in [0.15, 0.2) is 42.7 Å². The lowest BCUT2D eigenvalue weighted by molar-refractivity contribution is 0.177. The topological polar surface area (TPSA) is 31.4 Å². The maximum atomic E-state index is 6.17. The summed E-state index contributed by atoms with van der Waals surface area (Å²) in [6, 6.07) is 9.98. The maximum absolute atomic E-state index is 6.17. The molecule has 0 saturated carbocycles. The molecule has 0 atom stereocenters. The highest BCUT2D eigenvalue weighted by Crippen LogP contribution is 2.23. The van der Waals surface area contributed by atoms with Crippen molar-refractivity contribution in [3.05, 3.63) is 58.9 Å². The van der Waals surface area contributed by atoms with Crippen LogP contribution in [0.25, 0.3) is 0 Å². The predicted octanol–water partition coefficient (Wildman–Crippen LogP) is 3.56. The van der Waals surface area contributed by atoms with Crippen LogP contribution in [0.1, 0.15) is 11.1 Å². The number of piperazine rings is 1. The first-order valence-corrected chi connectivity index (χ1v) is 8.84. The zero-order valence-electron chi connectivity index (χ0n) is 13.7. The lowest BCUT2D eigenvalue weighted by atomic mass is 10.2. The van der Waals surface area contributed by atoms with E-state index in [0.717, 1.165) is 54.1 Å². The third-order valence-corrected chi connectivity index (χ3v) is 5.09. The van der Waals surface area contributed by atoms with Crippen molar-refractivity contribution in [3.8, 4) is 0 Å². The number of nitrogens with zero attached hydrogens (tertiary/aromatic N) is 3. The monoisotopic (exact) mass is 360 g/mol. The van der Waals surface area contributed by atoms with Gasteiger partial charge in [0.05, 0.1) is 0 Å². The third kappa shape index (κ3) is 4.23. The summed E-state index contributed by atoms with van der Waals surface area (Å²) in [5, 5.41) is 4.85. The van der Waals surface area contributed by atoms with E-state index >= 15 is 0 Å². The highest BCUT2D eigenvalue weighted by molar-refractivity contribution is 7.80. The molecule has 0 unspecified atom stereocenters. The molecule has 2 heterocycles. The van der Waals surface area contributed by atoms with Gasteiger partial charge in [0.25, 0.3) is 0 Å². The number of benzene rings is 1. The molecule has 1 aromatic carbocycles. The number of nitrogens with one attached hydrogen (secondary N) is 1. The van der Waals surface area contributed by atoms with Crippen LogP contribution >= 0.6 is 23.8 Å². The second-order valence-corrected chi connectivity index (χ2v) is 6.76. The average molecular weight is 361 g/mol. The van der Waals surface area contributed by atoms with E-state index < -0.39 is 0 Å². The highest BCUT2D eigenvalue weighted by atomic mass is 35.5. The third-order valence-electron chi connectivity index (χ3n) is 4.32. The minimum absolute atomic E-state index is 0.755. The largest absolute Gasteiger partial charge is 0.346 e. The van der Waals surface area contributed by atoms with E-state index in [9.17, 15) is 0 Å². The molecule has 126 valence electrons. The Morgan fingerprint density at radius 1 is 1.17 bits per heavy atom. The lowest BCUT2D eigenvalue weighted by Crippen LogP contribution is -2.49. The Balaban J connectivity index is 1.52. The van der Waals surface area contributed by atoms with Crippen molar-refractivity contribution in [1.29, 1.82) is 0 Å². The summed E-state index contributed by atoms with van der Waals surface area (Å²) in [6.07, 6.45) is 3.69. The average Bonchev–Trinajstić information content (AvgIpc) is 2.60. The van der Waals surface area contributed by atoms with E-state index in [4.69, 9.17) is 23.8 Å². The molecular formula is C18H21ClN4S. The van der Waals surface area contributed by atoms with Crippen LogP contribution < -0.4 is 5.32 Å². The summed E-state index contributed by atoms with van der Waals surface area (Å²) in [7, 11) is 0. The number of hydrogen-bond donors (Lipinski definition) is 1. The van der Waals surface area contributed by atoms with Gasteiger partial charge in [0.1, 0.15) is 0 Å².